The monoisotopic (exact) mass is 310 g/mol. The maximum atomic E-state index is 12.3. The van der Waals surface area contributed by atoms with Gasteiger partial charge < -0.3 is 9.80 Å². The van der Waals surface area contributed by atoms with Gasteiger partial charge in [0.1, 0.15) is 0 Å². The summed E-state index contributed by atoms with van der Waals surface area (Å²) in [6.07, 6.45) is 2.42. The summed E-state index contributed by atoms with van der Waals surface area (Å²) in [6, 6.07) is 8.07. The number of rotatable bonds is 3. The summed E-state index contributed by atoms with van der Waals surface area (Å²) in [7, 11) is 4.02. The smallest absolute Gasteiger partial charge is 0.253 e. The minimum absolute atomic E-state index is 0.0941. The van der Waals surface area contributed by atoms with Crippen molar-refractivity contribution >= 4 is 21.8 Å². The average molecular weight is 311 g/mol. The SMILES string of the molecule is CN(CC1CCCN1C)C(=O)c1cccc(Br)c1. The minimum atomic E-state index is 0.0941. The molecule has 18 heavy (non-hydrogen) atoms. The Kier molecular flexibility index (Phi) is 4.40. The molecule has 1 fully saturated rings. The van der Waals surface area contributed by atoms with Crippen LogP contribution in [0.4, 0.5) is 0 Å². The third-order valence-electron chi connectivity index (χ3n) is 3.57. The van der Waals surface area contributed by atoms with E-state index >= 15 is 0 Å². The van der Waals surface area contributed by atoms with Gasteiger partial charge in [0.2, 0.25) is 0 Å². The molecule has 1 aliphatic heterocycles. The van der Waals surface area contributed by atoms with Crippen LogP contribution in [0, 0.1) is 0 Å². The molecule has 0 spiro atoms. The number of hydrogen-bond acceptors (Lipinski definition) is 2. The maximum Gasteiger partial charge on any atom is 0.253 e. The molecule has 0 aliphatic carbocycles. The molecular weight excluding hydrogens is 292 g/mol. The number of amides is 1. The average Bonchev–Trinajstić information content (AvgIpc) is 2.74. The standard InChI is InChI=1S/C14H19BrN2O/c1-16-8-4-7-13(16)10-17(2)14(18)11-5-3-6-12(15)9-11/h3,5-6,9,13H,4,7-8,10H2,1-2H3. The second-order valence-electron chi connectivity index (χ2n) is 4.97. The Labute approximate surface area is 117 Å². The summed E-state index contributed by atoms with van der Waals surface area (Å²) in [5, 5.41) is 0. The van der Waals surface area contributed by atoms with Gasteiger partial charge in [-0.2, -0.15) is 0 Å². The highest BCUT2D eigenvalue weighted by Gasteiger charge is 2.24. The lowest BCUT2D eigenvalue weighted by Crippen LogP contribution is -2.39. The van der Waals surface area contributed by atoms with Crippen LogP contribution in [0.25, 0.3) is 0 Å². The fourth-order valence-electron chi connectivity index (χ4n) is 2.45. The first-order chi connectivity index (χ1) is 8.58. The van der Waals surface area contributed by atoms with E-state index in [0.717, 1.165) is 23.1 Å². The van der Waals surface area contributed by atoms with Crippen molar-refractivity contribution in [2.24, 2.45) is 0 Å². The van der Waals surface area contributed by atoms with Crippen molar-refractivity contribution in [2.75, 3.05) is 27.2 Å². The first-order valence-corrected chi connectivity index (χ1v) is 7.08. The number of nitrogens with zero attached hydrogens (tertiary/aromatic N) is 2. The van der Waals surface area contributed by atoms with Crippen LogP contribution in [0.15, 0.2) is 28.7 Å². The summed E-state index contributed by atoms with van der Waals surface area (Å²) in [5.74, 6) is 0.0941. The molecule has 4 heteroatoms. The third-order valence-corrected chi connectivity index (χ3v) is 4.07. The molecule has 1 aliphatic rings. The Hall–Kier alpha value is -0.870. The van der Waals surface area contributed by atoms with E-state index in [1.54, 1.807) is 0 Å². The third kappa shape index (κ3) is 3.12. The van der Waals surface area contributed by atoms with Gasteiger partial charge in [-0.25, -0.2) is 0 Å². The first kappa shape index (κ1) is 13.6. The summed E-state index contributed by atoms with van der Waals surface area (Å²) in [5.41, 5.74) is 0.743. The van der Waals surface area contributed by atoms with Crippen molar-refractivity contribution in [3.8, 4) is 0 Å². The van der Waals surface area contributed by atoms with Gasteiger partial charge in [-0.05, 0) is 44.6 Å². The van der Waals surface area contributed by atoms with Crippen LogP contribution >= 0.6 is 15.9 Å². The quantitative estimate of drug-likeness (QED) is 0.857. The highest BCUT2D eigenvalue weighted by Crippen LogP contribution is 2.17. The van der Waals surface area contributed by atoms with Crippen LogP contribution in [0.1, 0.15) is 23.2 Å². The molecule has 1 aromatic carbocycles. The van der Waals surface area contributed by atoms with Gasteiger partial charge in [0.15, 0.2) is 0 Å². The molecule has 1 heterocycles. The van der Waals surface area contributed by atoms with E-state index in [1.807, 2.05) is 36.2 Å². The fourth-order valence-corrected chi connectivity index (χ4v) is 2.85. The lowest BCUT2D eigenvalue weighted by molar-refractivity contribution is 0.0761. The zero-order chi connectivity index (χ0) is 13.1. The molecule has 3 nitrogen and oxygen atoms in total. The second kappa shape index (κ2) is 5.85. The number of carbonyl (C=O) groups excluding carboxylic acids is 1. The number of halogens is 1. The van der Waals surface area contributed by atoms with Crippen LogP contribution in [0.2, 0.25) is 0 Å². The van der Waals surface area contributed by atoms with Crippen molar-refractivity contribution in [3.05, 3.63) is 34.3 Å². The summed E-state index contributed by atoms with van der Waals surface area (Å²) in [6.45, 7) is 1.95. The van der Waals surface area contributed by atoms with Crippen molar-refractivity contribution < 1.29 is 4.79 Å². The zero-order valence-corrected chi connectivity index (χ0v) is 12.5. The molecule has 1 amide bonds. The highest BCUT2D eigenvalue weighted by atomic mass is 79.9. The molecule has 0 saturated carbocycles. The molecule has 0 N–H and O–H groups in total. The van der Waals surface area contributed by atoms with Crippen molar-refractivity contribution in [3.63, 3.8) is 0 Å². The van der Waals surface area contributed by atoms with E-state index in [-0.39, 0.29) is 5.91 Å². The van der Waals surface area contributed by atoms with E-state index < -0.39 is 0 Å². The van der Waals surface area contributed by atoms with E-state index in [2.05, 4.69) is 27.9 Å². The molecule has 0 radical (unpaired) electrons. The topological polar surface area (TPSA) is 23.6 Å². The van der Waals surface area contributed by atoms with Gasteiger partial charge >= 0.3 is 0 Å². The van der Waals surface area contributed by atoms with Gasteiger partial charge in [-0.15, -0.1) is 0 Å². The maximum absolute atomic E-state index is 12.3. The molecule has 98 valence electrons. The second-order valence-corrected chi connectivity index (χ2v) is 5.89. The Bertz CT molecular complexity index is 436. The molecular formula is C14H19BrN2O. The zero-order valence-electron chi connectivity index (χ0n) is 10.9. The van der Waals surface area contributed by atoms with Crippen LogP contribution in [-0.4, -0.2) is 48.9 Å². The normalized spacial score (nSPS) is 20.1. The molecule has 1 saturated heterocycles. The number of hydrogen-bond donors (Lipinski definition) is 0. The summed E-state index contributed by atoms with van der Waals surface area (Å²) >= 11 is 3.40. The van der Waals surface area contributed by atoms with E-state index in [0.29, 0.717) is 6.04 Å². The van der Waals surface area contributed by atoms with Gasteiger partial charge in [0.25, 0.3) is 5.91 Å². The summed E-state index contributed by atoms with van der Waals surface area (Å²) in [4.78, 5) is 16.4. The minimum Gasteiger partial charge on any atom is -0.340 e. The van der Waals surface area contributed by atoms with Gasteiger partial charge in [-0.3, -0.25) is 4.79 Å². The highest BCUT2D eigenvalue weighted by molar-refractivity contribution is 9.10. The van der Waals surface area contributed by atoms with Crippen LogP contribution in [0.5, 0.6) is 0 Å². The van der Waals surface area contributed by atoms with Gasteiger partial charge in [0, 0.05) is 29.7 Å². The fraction of sp³-hybridized carbons (Fsp3) is 0.500. The molecule has 0 bridgehead atoms. The lowest BCUT2D eigenvalue weighted by atomic mass is 10.1. The predicted octanol–water partition coefficient (Wildman–Crippen LogP) is 2.62. The Balaban J connectivity index is 2.00. The lowest BCUT2D eigenvalue weighted by Gasteiger charge is -2.26. The van der Waals surface area contributed by atoms with E-state index in [9.17, 15) is 4.79 Å². The Morgan fingerprint density at radius 1 is 1.56 bits per heavy atom. The van der Waals surface area contributed by atoms with E-state index in [4.69, 9.17) is 0 Å². The Morgan fingerprint density at radius 3 is 2.94 bits per heavy atom. The Morgan fingerprint density at radius 2 is 2.33 bits per heavy atom. The van der Waals surface area contributed by atoms with Crippen molar-refractivity contribution in [1.29, 1.82) is 0 Å². The molecule has 2 rings (SSSR count). The van der Waals surface area contributed by atoms with Crippen molar-refractivity contribution in [1.82, 2.24) is 9.80 Å². The summed E-state index contributed by atoms with van der Waals surface area (Å²) < 4.78 is 0.944. The van der Waals surface area contributed by atoms with Crippen LogP contribution in [0.3, 0.4) is 0 Å². The predicted molar refractivity (Wildman–Crippen MR) is 76.8 cm³/mol. The number of likely N-dealkylation sites (N-methyl/N-ethyl adjacent to an activating group) is 2. The van der Waals surface area contributed by atoms with Crippen LogP contribution < -0.4 is 0 Å². The van der Waals surface area contributed by atoms with Gasteiger partial charge in [0.05, 0.1) is 0 Å². The largest absolute Gasteiger partial charge is 0.340 e. The number of carbonyl (C=O) groups is 1. The van der Waals surface area contributed by atoms with Crippen molar-refractivity contribution in [2.45, 2.75) is 18.9 Å². The van der Waals surface area contributed by atoms with Crippen LogP contribution in [-0.2, 0) is 0 Å². The number of benzene rings is 1. The molecule has 0 aromatic heterocycles. The molecule has 1 unspecified atom stereocenters. The molecule has 1 aromatic rings. The number of likely N-dealkylation sites (tertiary alicyclic amines) is 1. The van der Waals surface area contributed by atoms with E-state index in [1.165, 1.54) is 12.8 Å². The first-order valence-electron chi connectivity index (χ1n) is 6.29. The van der Waals surface area contributed by atoms with Gasteiger partial charge in [-0.1, -0.05) is 22.0 Å². The molecule has 1 atom stereocenters.